The minimum absolute atomic E-state index is 1.42. The van der Waals surface area contributed by atoms with Gasteiger partial charge in [0.15, 0.2) is 0 Å². The highest BCUT2D eigenvalue weighted by Gasteiger charge is 2.28. The van der Waals surface area contributed by atoms with Crippen LogP contribution in [-0.2, 0) is 0 Å². The molecular formula is C5H6. The Kier molecular flexibility index (Phi) is 0.148. The fourth-order valence-corrected chi connectivity index (χ4v) is 0.869. The Morgan fingerprint density at radius 1 is 1.00 bits per heavy atom. The summed E-state index contributed by atoms with van der Waals surface area (Å²) in [5.41, 5.74) is 3.54. The zero-order valence-electron chi connectivity index (χ0n) is 3.12. The topological polar surface area (TPSA) is 0 Å². The van der Waals surface area contributed by atoms with E-state index in [2.05, 4.69) is 0 Å². The van der Waals surface area contributed by atoms with Crippen LogP contribution in [0.4, 0.5) is 0 Å². The van der Waals surface area contributed by atoms with Crippen molar-refractivity contribution in [2.75, 3.05) is 0 Å². The van der Waals surface area contributed by atoms with Gasteiger partial charge in [-0.05, 0) is 19.3 Å². The summed E-state index contributed by atoms with van der Waals surface area (Å²) in [5, 5.41) is 0. The maximum absolute atomic E-state index is 1.77. The van der Waals surface area contributed by atoms with E-state index in [4.69, 9.17) is 0 Å². The molecule has 2 aliphatic carbocycles. The van der Waals surface area contributed by atoms with Crippen LogP contribution in [0.15, 0.2) is 11.1 Å². The Morgan fingerprint density at radius 2 is 1.60 bits per heavy atom. The molecule has 0 bridgehead atoms. The third-order valence-corrected chi connectivity index (χ3v) is 1.53. The van der Waals surface area contributed by atoms with Crippen molar-refractivity contribution in [2.45, 2.75) is 19.3 Å². The molecule has 0 atom stereocenters. The lowest BCUT2D eigenvalue weighted by atomic mass is 10.1. The minimum Gasteiger partial charge on any atom is -0.0663 e. The molecule has 0 spiro atoms. The largest absolute Gasteiger partial charge is 0.0663 e. The lowest BCUT2D eigenvalue weighted by Gasteiger charge is -1.91. The van der Waals surface area contributed by atoms with Crippen LogP contribution >= 0.6 is 0 Å². The molecule has 0 aromatic rings. The van der Waals surface area contributed by atoms with Crippen molar-refractivity contribution in [3.8, 4) is 0 Å². The van der Waals surface area contributed by atoms with Gasteiger partial charge in [-0.1, -0.05) is 11.1 Å². The molecule has 2 rings (SSSR count). The van der Waals surface area contributed by atoms with Gasteiger partial charge in [-0.3, -0.25) is 0 Å². The highest BCUT2D eigenvalue weighted by Crippen LogP contribution is 2.47. The maximum Gasteiger partial charge on any atom is -0.0103 e. The molecular weight excluding hydrogens is 60.1 g/mol. The van der Waals surface area contributed by atoms with Crippen LogP contribution in [0, 0.1) is 0 Å². The molecule has 0 heterocycles. The molecule has 2 aliphatic rings. The van der Waals surface area contributed by atoms with Gasteiger partial charge in [0.1, 0.15) is 0 Å². The molecule has 0 saturated carbocycles. The van der Waals surface area contributed by atoms with E-state index in [1.807, 2.05) is 0 Å². The van der Waals surface area contributed by atoms with Crippen LogP contribution in [0.1, 0.15) is 19.3 Å². The van der Waals surface area contributed by atoms with Gasteiger partial charge in [0.05, 0.1) is 0 Å². The second-order valence-corrected chi connectivity index (χ2v) is 1.88. The molecule has 0 aliphatic heterocycles. The normalized spacial score (nSPS) is 28.8. The molecule has 0 heteroatoms. The molecule has 0 nitrogen and oxygen atoms in total. The third-order valence-electron chi connectivity index (χ3n) is 1.53. The lowest BCUT2D eigenvalue weighted by Crippen LogP contribution is -1.71. The van der Waals surface area contributed by atoms with E-state index in [0.29, 0.717) is 0 Å². The Balaban J connectivity index is 2.53. The summed E-state index contributed by atoms with van der Waals surface area (Å²) >= 11 is 0. The summed E-state index contributed by atoms with van der Waals surface area (Å²) in [5.74, 6) is 0. The smallest absolute Gasteiger partial charge is 0.0103 e. The zero-order valence-corrected chi connectivity index (χ0v) is 3.12. The number of hydrogen-bond donors (Lipinski definition) is 0. The Labute approximate surface area is 31.5 Å². The molecule has 0 radical (unpaired) electrons. The molecule has 0 amide bonds. The molecule has 0 fully saturated rings. The Morgan fingerprint density at radius 3 is 1.60 bits per heavy atom. The highest BCUT2D eigenvalue weighted by atomic mass is 14.3. The van der Waals surface area contributed by atoms with Crippen LogP contribution in [0.5, 0.6) is 0 Å². The Bertz CT molecular complexity index is 86.6. The summed E-state index contributed by atoms with van der Waals surface area (Å²) in [4.78, 5) is 0. The van der Waals surface area contributed by atoms with E-state index in [1.165, 1.54) is 19.3 Å². The van der Waals surface area contributed by atoms with Gasteiger partial charge in [0, 0.05) is 0 Å². The van der Waals surface area contributed by atoms with E-state index in [0.717, 1.165) is 0 Å². The standard InChI is InChI=1S/C5H6/c1-2-5-3-4(1)5/h1-3H2. The molecule has 0 saturated heterocycles. The van der Waals surface area contributed by atoms with Crippen molar-refractivity contribution in [1.29, 1.82) is 0 Å². The second-order valence-electron chi connectivity index (χ2n) is 1.88. The van der Waals surface area contributed by atoms with E-state index in [-0.39, 0.29) is 0 Å². The fraction of sp³-hybridized carbons (Fsp3) is 0.600. The first-order chi connectivity index (χ1) is 2.47. The third kappa shape index (κ3) is 0.0982. The summed E-state index contributed by atoms with van der Waals surface area (Å²) < 4.78 is 0. The molecule has 0 unspecified atom stereocenters. The second kappa shape index (κ2) is 0.368. The van der Waals surface area contributed by atoms with Crippen molar-refractivity contribution in [3.63, 3.8) is 0 Å². The number of allylic oxidation sites excluding steroid dienone is 2. The average Bonchev–Trinajstić information content (AvgIpc) is 1.74. The van der Waals surface area contributed by atoms with Crippen molar-refractivity contribution >= 4 is 0 Å². The van der Waals surface area contributed by atoms with Gasteiger partial charge < -0.3 is 0 Å². The predicted molar refractivity (Wildman–Crippen MR) is 20.9 cm³/mol. The van der Waals surface area contributed by atoms with E-state index >= 15 is 0 Å². The first-order valence-corrected chi connectivity index (χ1v) is 2.16. The SMILES string of the molecule is C1CC2=C1C2. The summed E-state index contributed by atoms with van der Waals surface area (Å²) in [6.07, 6.45) is 4.30. The number of rotatable bonds is 0. The van der Waals surface area contributed by atoms with Gasteiger partial charge >= 0.3 is 0 Å². The van der Waals surface area contributed by atoms with Crippen molar-refractivity contribution in [3.05, 3.63) is 11.1 Å². The van der Waals surface area contributed by atoms with Crippen molar-refractivity contribution in [2.24, 2.45) is 0 Å². The zero-order chi connectivity index (χ0) is 3.28. The summed E-state index contributed by atoms with van der Waals surface area (Å²) in [7, 11) is 0. The van der Waals surface area contributed by atoms with Gasteiger partial charge in [0.25, 0.3) is 0 Å². The molecule has 0 aromatic carbocycles. The molecule has 0 N–H and O–H groups in total. The van der Waals surface area contributed by atoms with Crippen LogP contribution in [-0.4, -0.2) is 0 Å². The first-order valence-electron chi connectivity index (χ1n) is 2.16. The van der Waals surface area contributed by atoms with E-state index in [9.17, 15) is 0 Å². The van der Waals surface area contributed by atoms with E-state index < -0.39 is 0 Å². The highest BCUT2D eigenvalue weighted by molar-refractivity contribution is 5.43. The van der Waals surface area contributed by atoms with Crippen molar-refractivity contribution < 1.29 is 0 Å². The minimum atomic E-state index is 1.42. The number of hydrogen-bond acceptors (Lipinski definition) is 0. The van der Waals surface area contributed by atoms with Crippen LogP contribution in [0.25, 0.3) is 0 Å². The van der Waals surface area contributed by atoms with Gasteiger partial charge in [-0.2, -0.15) is 0 Å². The van der Waals surface area contributed by atoms with Crippen LogP contribution < -0.4 is 0 Å². The van der Waals surface area contributed by atoms with Gasteiger partial charge in [-0.15, -0.1) is 0 Å². The van der Waals surface area contributed by atoms with E-state index in [1.54, 1.807) is 11.1 Å². The molecule has 0 aromatic heterocycles. The first kappa shape index (κ1) is 2.01. The summed E-state index contributed by atoms with van der Waals surface area (Å²) in [6, 6.07) is 0. The average molecular weight is 66.1 g/mol. The lowest BCUT2D eigenvalue weighted by molar-refractivity contribution is 0.962. The fourth-order valence-electron chi connectivity index (χ4n) is 0.869. The molecule has 5 heavy (non-hydrogen) atoms. The van der Waals surface area contributed by atoms with Gasteiger partial charge in [-0.25, -0.2) is 0 Å². The predicted octanol–water partition coefficient (Wildman–Crippen LogP) is 1.48. The Hall–Kier alpha value is -0.260. The van der Waals surface area contributed by atoms with Crippen molar-refractivity contribution in [1.82, 2.24) is 0 Å². The van der Waals surface area contributed by atoms with Crippen LogP contribution in [0.2, 0.25) is 0 Å². The van der Waals surface area contributed by atoms with Gasteiger partial charge in [0.2, 0.25) is 0 Å². The maximum atomic E-state index is 1.77. The quantitative estimate of drug-likeness (QED) is 0.376. The summed E-state index contributed by atoms with van der Waals surface area (Å²) in [6.45, 7) is 0. The molecule has 26 valence electrons. The van der Waals surface area contributed by atoms with Crippen LogP contribution in [0.3, 0.4) is 0 Å². The monoisotopic (exact) mass is 66.0 g/mol.